The van der Waals surface area contributed by atoms with Crippen LogP contribution in [0, 0.1) is 6.92 Å². The lowest BCUT2D eigenvalue weighted by atomic mass is 10.0. The zero-order valence-corrected chi connectivity index (χ0v) is 14.3. The van der Waals surface area contributed by atoms with E-state index in [0.29, 0.717) is 5.02 Å². The first kappa shape index (κ1) is 15.5. The number of rotatable bonds is 5. The zero-order chi connectivity index (χ0) is 14.7. The molecule has 1 heterocycles. The third kappa shape index (κ3) is 3.08. The second-order valence-electron chi connectivity index (χ2n) is 4.87. The van der Waals surface area contributed by atoms with Gasteiger partial charge in [0.2, 0.25) is 0 Å². The maximum Gasteiger partial charge on any atom is 0.0837 e. The minimum Gasteiger partial charge on any atom is -0.305 e. The molecule has 1 aromatic heterocycles. The molecule has 20 heavy (non-hydrogen) atoms. The van der Waals surface area contributed by atoms with Gasteiger partial charge in [0.25, 0.3) is 0 Å². The summed E-state index contributed by atoms with van der Waals surface area (Å²) < 4.78 is 2.95. The molecule has 0 fully saturated rings. The molecule has 1 atom stereocenters. The Morgan fingerprint density at radius 1 is 1.45 bits per heavy atom. The summed E-state index contributed by atoms with van der Waals surface area (Å²) >= 11 is 10.0. The fourth-order valence-electron chi connectivity index (χ4n) is 2.28. The number of nitrogens with zero attached hydrogens (tertiary/aromatic N) is 2. The number of aromatic nitrogens is 2. The molecule has 0 aliphatic heterocycles. The van der Waals surface area contributed by atoms with Crippen molar-refractivity contribution in [1.82, 2.24) is 15.1 Å². The van der Waals surface area contributed by atoms with E-state index in [4.69, 9.17) is 11.6 Å². The van der Waals surface area contributed by atoms with Crippen LogP contribution < -0.4 is 5.32 Å². The first-order valence-corrected chi connectivity index (χ1v) is 7.89. The maximum absolute atomic E-state index is 6.32. The predicted molar refractivity (Wildman–Crippen MR) is 87.2 cm³/mol. The van der Waals surface area contributed by atoms with Crippen LogP contribution in [-0.2, 0) is 7.05 Å². The van der Waals surface area contributed by atoms with Crippen molar-refractivity contribution in [2.45, 2.75) is 26.3 Å². The van der Waals surface area contributed by atoms with Gasteiger partial charge in [-0.05, 0) is 31.0 Å². The molecule has 108 valence electrons. The van der Waals surface area contributed by atoms with E-state index >= 15 is 0 Å². The lowest BCUT2D eigenvalue weighted by Crippen LogP contribution is -2.26. The van der Waals surface area contributed by atoms with Crippen LogP contribution in [-0.4, -0.2) is 16.3 Å². The molecule has 2 rings (SSSR count). The third-order valence-electron chi connectivity index (χ3n) is 3.34. The van der Waals surface area contributed by atoms with Crippen LogP contribution >= 0.6 is 27.5 Å². The van der Waals surface area contributed by atoms with Crippen LogP contribution in [0.1, 0.15) is 36.2 Å². The Morgan fingerprint density at radius 3 is 2.80 bits per heavy atom. The third-order valence-corrected chi connectivity index (χ3v) is 4.72. The second-order valence-corrected chi connectivity index (χ2v) is 6.07. The fourth-order valence-corrected chi connectivity index (χ4v) is 3.05. The van der Waals surface area contributed by atoms with Gasteiger partial charge in [-0.2, -0.15) is 5.10 Å². The summed E-state index contributed by atoms with van der Waals surface area (Å²) in [5, 5.41) is 8.50. The Morgan fingerprint density at radius 2 is 2.20 bits per heavy atom. The van der Waals surface area contributed by atoms with Crippen molar-refractivity contribution in [1.29, 1.82) is 0 Å². The normalized spacial score (nSPS) is 12.7. The van der Waals surface area contributed by atoms with Gasteiger partial charge in [-0.25, -0.2) is 0 Å². The number of nitrogens with one attached hydrogen (secondary N) is 1. The van der Waals surface area contributed by atoms with Crippen LogP contribution in [0.15, 0.2) is 28.9 Å². The Hall–Kier alpha value is -0.840. The average Bonchev–Trinajstić information content (AvgIpc) is 2.75. The molecule has 0 aliphatic carbocycles. The van der Waals surface area contributed by atoms with E-state index in [9.17, 15) is 0 Å². The van der Waals surface area contributed by atoms with Crippen LogP contribution in [0.2, 0.25) is 5.02 Å². The molecule has 1 N–H and O–H groups in total. The van der Waals surface area contributed by atoms with Gasteiger partial charge in [0.15, 0.2) is 0 Å². The number of hydrogen-bond donors (Lipinski definition) is 1. The standard InChI is InChI=1S/C15H19BrClN3/c1-4-8-18-14(15-12(17)9-19-20(15)3)11-7-5-6-10(2)13(11)16/h5-7,9,14,18H,4,8H2,1-3H3. The van der Waals surface area contributed by atoms with Crippen molar-refractivity contribution >= 4 is 27.5 Å². The summed E-state index contributed by atoms with van der Waals surface area (Å²) in [5.74, 6) is 0. The molecule has 2 aromatic rings. The molecule has 0 spiro atoms. The molecule has 1 unspecified atom stereocenters. The van der Waals surface area contributed by atoms with Gasteiger partial charge in [-0.3, -0.25) is 4.68 Å². The lowest BCUT2D eigenvalue weighted by molar-refractivity contribution is 0.552. The van der Waals surface area contributed by atoms with Crippen LogP contribution in [0.25, 0.3) is 0 Å². The van der Waals surface area contributed by atoms with Gasteiger partial charge >= 0.3 is 0 Å². The van der Waals surface area contributed by atoms with Gasteiger partial charge < -0.3 is 5.32 Å². The SMILES string of the molecule is CCCNC(c1cccc(C)c1Br)c1c(Cl)cnn1C. The molecule has 5 heteroatoms. The average molecular weight is 357 g/mol. The van der Waals surface area contributed by atoms with Crippen molar-refractivity contribution in [3.63, 3.8) is 0 Å². The molecule has 0 bridgehead atoms. The highest BCUT2D eigenvalue weighted by Gasteiger charge is 2.22. The van der Waals surface area contributed by atoms with Crippen LogP contribution in [0.4, 0.5) is 0 Å². The molecule has 0 amide bonds. The van der Waals surface area contributed by atoms with Crippen molar-refractivity contribution in [3.8, 4) is 0 Å². The summed E-state index contributed by atoms with van der Waals surface area (Å²) in [5.41, 5.74) is 3.39. The van der Waals surface area contributed by atoms with E-state index < -0.39 is 0 Å². The molecular formula is C15H19BrClN3. The van der Waals surface area contributed by atoms with E-state index in [-0.39, 0.29) is 6.04 Å². The monoisotopic (exact) mass is 355 g/mol. The molecule has 1 aromatic carbocycles. The van der Waals surface area contributed by atoms with Gasteiger partial charge in [-0.1, -0.05) is 52.7 Å². The van der Waals surface area contributed by atoms with Crippen LogP contribution in [0.3, 0.4) is 0 Å². The number of hydrogen-bond acceptors (Lipinski definition) is 2. The van der Waals surface area contributed by atoms with E-state index in [1.54, 1.807) is 6.20 Å². The summed E-state index contributed by atoms with van der Waals surface area (Å²) in [6.07, 6.45) is 2.76. The van der Waals surface area contributed by atoms with Gasteiger partial charge in [0, 0.05) is 11.5 Å². The molecule has 3 nitrogen and oxygen atoms in total. The van der Waals surface area contributed by atoms with E-state index in [1.165, 1.54) is 11.1 Å². The maximum atomic E-state index is 6.32. The zero-order valence-electron chi connectivity index (χ0n) is 12.0. The molecule has 0 radical (unpaired) electrons. The topological polar surface area (TPSA) is 29.9 Å². The van der Waals surface area contributed by atoms with Crippen molar-refractivity contribution in [2.75, 3.05) is 6.54 Å². The quantitative estimate of drug-likeness (QED) is 0.868. The smallest absolute Gasteiger partial charge is 0.0837 e. The highest BCUT2D eigenvalue weighted by atomic mass is 79.9. The fraction of sp³-hybridized carbons (Fsp3) is 0.400. The Balaban J connectivity index is 2.50. The Labute approximate surface area is 133 Å². The molecule has 0 aliphatic rings. The van der Waals surface area contributed by atoms with E-state index in [0.717, 1.165) is 23.1 Å². The molecular weight excluding hydrogens is 338 g/mol. The Kier molecular flexibility index (Phi) is 5.24. The summed E-state index contributed by atoms with van der Waals surface area (Å²) in [6, 6.07) is 6.31. The van der Waals surface area contributed by atoms with E-state index in [2.05, 4.69) is 58.4 Å². The second kappa shape index (κ2) is 6.74. The van der Waals surface area contributed by atoms with Gasteiger partial charge in [0.1, 0.15) is 0 Å². The Bertz CT molecular complexity index is 575. The van der Waals surface area contributed by atoms with Crippen molar-refractivity contribution < 1.29 is 0 Å². The first-order chi connectivity index (χ1) is 9.56. The predicted octanol–water partition coefficient (Wildman–Crippen LogP) is 4.23. The first-order valence-electron chi connectivity index (χ1n) is 6.72. The summed E-state index contributed by atoms with van der Waals surface area (Å²) in [7, 11) is 1.92. The van der Waals surface area contributed by atoms with Crippen molar-refractivity contribution in [3.05, 3.63) is 50.7 Å². The minimum atomic E-state index is 0.0317. The highest BCUT2D eigenvalue weighted by molar-refractivity contribution is 9.10. The number of benzene rings is 1. The van der Waals surface area contributed by atoms with E-state index in [1.807, 2.05) is 11.7 Å². The number of halogens is 2. The minimum absolute atomic E-state index is 0.0317. The highest BCUT2D eigenvalue weighted by Crippen LogP contribution is 2.33. The van der Waals surface area contributed by atoms with Crippen LogP contribution in [0.5, 0.6) is 0 Å². The molecule has 0 saturated carbocycles. The lowest BCUT2D eigenvalue weighted by Gasteiger charge is -2.22. The summed E-state index contributed by atoms with van der Waals surface area (Å²) in [4.78, 5) is 0. The van der Waals surface area contributed by atoms with Crippen molar-refractivity contribution in [2.24, 2.45) is 7.05 Å². The van der Waals surface area contributed by atoms with Gasteiger partial charge in [-0.15, -0.1) is 0 Å². The number of aryl methyl sites for hydroxylation is 2. The summed E-state index contributed by atoms with van der Waals surface area (Å²) in [6.45, 7) is 5.17. The largest absolute Gasteiger partial charge is 0.305 e. The van der Waals surface area contributed by atoms with Gasteiger partial charge in [0.05, 0.1) is 23.0 Å². The molecule has 0 saturated heterocycles.